The summed E-state index contributed by atoms with van der Waals surface area (Å²) in [4.78, 5) is 18.2. The normalized spacial score (nSPS) is 9.77. The Morgan fingerprint density at radius 3 is 2.13 bits per heavy atom. The lowest BCUT2D eigenvalue weighted by Gasteiger charge is -2.10. The van der Waals surface area contributed by atoms with Gasteiger partial charge in [-0.1, -0.05) is 12.1 Å². The van der Waals surface area contributed by atoms with Gasteiger partial charge in [-0.2, -0.15) is 0 Å². The molecule has 0 aromatic heterocycles. The molecule has 0 saturated carbocycles. The second-order valence-electron chi connectivity index (χ2n) is 6.18. The predicted molar refractivity (Wildman–Crippen MR) is 114 cm³/mol. The number of nitrogens with one attached hydrogen (secondary N) is 1. The molecule has 0 heterocycles. The summed E-state index contributed by atoms with van der Waals surface area (Å²) in [7, 11) is 4.95. The number of hydrogen-bond donors (Lipinski definition) is 3. The Balaban J connectivity index is 0.000000703. The quantitative estimate of drug-likeness (QED) is 0.361. The molecule has 170 valence electrons. The summed E-state index contributed by atoms with van der Waals surface area (Å²) in [5.41, 5.74) is 1.22. The minimum atomic E-state index is -1.82. The van der Waals surface area contributed by atoms with Crippen LogP contribution in [0.25, 0.3) is 0 Å². The molecule has 0 spiro atoms. The van der Waals surface area contributed by atoms with Crippen LogP contribution in [-0.4, -0.2) is 63.2 Å². The zero-order valence-corrected chi connectivity index (χ0v) is 17.9. The fourth-order valence-corrected chi connectivity index (χ4v) is 2.47. The van der Waals surface area contributed by atoms with E-state index in [0.717, 1.165) is 48.9 Å². The number of methoxy groups -OCH3 is 3. The number of rotatable bonds is 11. The van der Waals surface area contributed by atoms with Crippen LogP contribution in [0.1, 0.15) is 12.0 Å². The van der Waals surface area contributed by atoms with E-state index in [1.54, 1.807) is 21.3 Å². The lowest BCUT2D eigenvalue weighted by molar-refractivity contribution is -0.159. The molecule has 9 heteroatoms. The first-order valence-corrected chi connectivity index (χ1v) is 9.56. The van der Waals surface area contributed by atoms with Crippen LogP contribution in [0.15, 0.2) is 42.5 Å². The van der Waals surface area contributed by atoms with E-state index < -0.39 is 11.9 Å². The lowest BCUT2D eigenvalue weighted by Crippen LogP contribution is -2.20. The molecule has 0 atom stereocenters. The molecule has 0 unspecified atom stereocenters. The molecule has 0 saturated heterocycles. The standard InChI is InChI=1S/C20H27NO4.C2H2O4/c1-22-17-6-4-7-18(15-17)25-13-5-11-21-12-10-16-8-9-19(23-2)20(14-16)24-3;3-1(4)2(5)6/h4,6-9,14-15,21H,5,10-13H2,1-3H3;(H,3,4)(H,5,6). The minimum Gasteiger partial charge on any atom is -0.497 e. The van der Waals surface area contributed by atoms with E-state index in [0.29, 0.717) is 6.61 Å². The van der Waals surface area contributed by atoms with E-state index >= 15 is 0 Å². The van der Waals surface area contributed by atoms with Gasteiger partial charge in [-0.25, -0.2) is 9.59 Å². The lowest BCUT2D eigenvalue weighted by atomic mass is 10.1. The van der Waals surface area contributed by atoms with Gasteiger partial charge in [0.1, 0.15) is 11.5 Å². The summed E-state index contributed by atoms with van der Waals surface area (Å²) < 4.78 is 21.5. The van der Waals surface area contributed by atoms with Crippen LogP contribution in [0, 0.1) is 0 Å². The highest BCUT2D eigenvalue weighted by atomic mass is 16.5. The van der Waals surface area contributed by atoms with Gasteiger partial charge >= 0.3 is 11.9 Å². The Morgan fingerprint density at radius 1 is 0.839 bits per heavy atom. The molecule has 0 bridgehead atoms. The second-order valence-corrected chi connectivity index (χ2v) is 6.18. The highest BCUT2D eigenvalue weighted by Gasteiger charge is 2.05. The number of carboxylic acids is 2. The summed E-state index contributed by atoms with van der Waals surface area (Å²) in [5.74, 6) is -0.471. The van der Waals surface area contributed by atoms with Crippen LogP contribution in [0.4, 0.5) is 0 Å². The van der Waals surface area contributed by atoms with Crippen molar-refractivity contribution in [1.82, 2.24) is 5.32 Å². The first-order valence-electron chi connectivity index (χ1n) is 9.56. The number of benzene rings is 2. The van der Waals surface area contributed by atoms with Crippen LogP contribution >= 0.6 is 0 Å². The first kappa shape index (κ1) is 25.6. The maximum atomic E-state index is 9.10. The van der Waals surface area contributed by atoms with Gasteiger partial charge in [0.05, 0.1) is 27.9 Å². The van der Waals surface area contributed by atoms with Crippen molar-refractivity contribution >= 4 is 11.9 Å². The van der Waals surface area contributed by atoms with E-state index in [2.05, 4.69) is 11.4 Å². The van der Waals surface area contributed by atoms with Gasteiger partial charge in [-0.05, 0) is 55.8 Å². The molecular formula is C22H29NO8. The van der Waals surface area contributed by atoms with Crippen LogP contribution in [-0.2, 0) is 16.0 Å². The predicted octanol–water partition coefficient (Wildman–Crippen LogP) is 2.47. The molecular weight excluding hydrogens is 406 g/mol. The Kier molecular flexibility index (Phi) is 12.0. The third-order valence-electron chi connectivity index (χ3n) is 4.03. The zero-order chi connectivity index (χ0) is 23.1. The second kappa shape index (κ2) is 14.5. The maximum absolute atomic E-state index is 9.10. The smallest absolute Gasteiger partial charge is 0.414 e. The Bertz CT molecular complexity index is 813. The summed E-state index contributed by atoms with van der Waals surface area (Å²) in [6.07, 6.45) is 1.89. The average Bonchev–Trinajstić information content (AvgIpc) is 2.78. The van der Waals surface area contributed by atoms with Crippen LogP contribution in [0.5, 0.6) is 23.0 Å². The molecule has 2 aromatic rings. The fourth-order valence-electron chi connectivity index (χ4n) is 2.47. The zero-order valence-electron chi connectivity index (χ0n) is 17.9. The van der Waals surface area contributed by atoms with Crippen molar-refractivity contribution < 1.29 is 38.7 Å². The third kappa shape index (κ3) is 10.2. The van der Waals surface area contributed by atoms with Gasteiger partial charge in [-0.3, -0.25) is 0 Å². The van der Waals surface area contributed by atoms with Gasteiger partial charge in [0, 0.05) is 6.07 Å². The van der Waals surface area contributed by atoms with Gasteiger partial charge in [-0.15, -0.1) is 0 Å². The van der Waals surface area contributed by atoms with E-state index in [-0.39, 0.29) is 0 Å². The minimum absolute atomic E-state index is 0.677. The van der Waals surface area contributed by atoms with Gasteiger partial charge in [0.2, 0.25) is 0 Å². The van der Waals surface area contributed by atoms with E-state index in [1.807, 2.05) is 36.4 Å². The number of carbonyl (C=O) groups is 2. The topological polar surface area (TPSA) is 124 Å². The molecule has 2 aromatic carbocycles. The van der Waals surface area contributed by atoms with Crippen molar-refractivity contribution in [3.63, 3.8) is 0 Å². The van der Waals surface area contributed by atoms with E-state index in [9.17, 15) is 0 Å². The Labute approximate surface area is 181 Å². The van der Waals surface area contributed by atoms with Gasteiger partial charge in [0.15, 0.2) is 11.5 Å². The molecule has 3 N–H and O–H groups in total. The van der Waals surface area contributed by atoms with Crippen molar-refractivity contribution in [3.05, 3.63) is 48.0 Å². The summed E-state index contributed by atoms with van der Waals surface area (Å²) in [5, 5.41) is 18.2. The van der Waals surface area contributed by atoms with E-state index in [1.165, 1.54) is 5.56 Å². The molecule has 0 fully saturated rings. The van der Waals surface area contributed by atoms with Crippen molar-refractivity contribution in [1.29, 1.82) is 0 Å². The Hall–Kier alpha value is -3.46. The van der Waals surface area contributed by atoms with Gasteiger partial charge in [0.25, 0.3) is 0 Å². The molecule has 0 amide bonds. The average molecular weight is 435 g/mol. The van der Waals surface area contributed by atoms with Crippen LogP contribution < -0.4 is 24.3 Å². The summed E-state index contributed by atoms with van der Waals surface area (Å²) >= 11 is 0. The third-order valence-corrected chi connectivity index (χ3v) is 4.03. The first-order chi connectivity index (χ1) is 14.9. The molecule has 0 aliphatic heterocycles. The monoisotopic (exact) mass is 435 g/mol. The van der Waals surface area contributed by atoms with Crippen LogP contribution in [0.3, 0.4) is 0 Å². The van der Waals surface area contributed by atoms with Crippen LogP contribution in [0.2, 0.25) is 0 Å². The summed E-state index contributed by atoms with van der Waals surface area (Å²) in [6.45, 7) is 2.50. The number of hydrogen-bond acceptors (Lipinski definition) is 7. The highest BCUT2D eigenvalue weighted by molar-refractivity contribution is 6.27. The van der Waals surface area contributed by atoms with Crippen molar-refractivity contribution in [2.75, 3.05) is 41.0 Å². The maximum Gasteiger partial charge on any atom is 0.414 e. The van der Waals surface area contributed by atoms with Crippen molar-refractivity contribution in [2.24, 2.45) is 0 Å². The number of carboxylic acid groups (broad SMARTS) is 2. The van der Waals surface area contributed by atoms with Crippen molar-refractivity contribution in [2.45, 2.75) is 12.8 Å². The molecule has 0 aliphatic rings. The van der Waals surface area contributed by atoms with Gasteiger partial charge < -0.3 is 34.5 Å². The largest absolute Gasteiger partial charge is 0.497 e. The number of aliphatic carboxylic acids is 2. The van der Waals surface area contributed by atoms with E-state index in [4.69, 9.17) is 38.7 Å². The Morgan fingerprint density at radius 2 is 1.52 bits per heavy atom. The molecule has 9 nitrogen and oxygen atoms in total. The highest BCUT2D eigenvalue weighted by Crippen LogP contribution is 2.27. The molecule has 0 aliphatic carbocycles. The SMILES string of the molecule is COc1cccc(OCCCNCCc2ccc(OC)c(OC)c2)c1.O=C(O)C(=O)O. The summed E-state index contributed by atoms with van der Waals surface area (Å²) in [6, 6.07) is 13.7. The number of ether oxygens (including phenoxy) is 4. The molecule has 0 radical (unpaired) electrons. The molecule has 31 heavy (non-hydrogen) atoms. The molecule has 2 rings (SSSR count). The fraction of sp³-hybridized carbons (Fsp3) is 0.364. The van der Waals surface area contributed by atoms with Crippen molar-refractivity contribution in [3.8, 4) is 23.0 Å².